The molecule has 2 aromatic heterocycles. The van der Waals surface area contributed by atoms with Crippen LogP contribution in [0.5, 0.6) is 0 Å². The predicted octanol–water partition coefficient (Wildman–Crippen LogP) is 0.568. The number of hydrogen-bond acceptors (Lipinski definition) is 9. The summed E-state index contributed by atoms with van der Waals surface area (Å²) < 4.78 is 10.7. The van der Waals surface area contributed by atoms with Crippen molar-refractivity contribution in [3.05, 3.63) is 23.6 Å². The van der Waals surface area contributed by atoms with E-state index in [0.29, 0.717) is 11.8 Å². The number of nitrogens with one attached hydrogen (secondary N) is 2. The van der Waals surface area contributed by atoms with Crippen LogP contribution in [0.15, 0.2) is 8.83 Å². The fraction of sp³-hybridized carbons (Fsp3) is 0.647. The van der Waals surface area contributed by atoms with Gasteiger partial charge in [-0.05, 0) is 0 Å². The maximum atomic E-state index is 12.2. The zero-order valence-electron chi connectivity index (χ0n) is 16.9. The van der Waals surface area contributed by atoms with Crippen molar-refractivity contribution in [1.82, 2.24) is 31.0 Å². The Morgan fingerprint density at radius 3 is 1.75 bits per heavy atom. The zero-order chi connectivity index (χ0) is 21.1. The fourth-order valence-electron chi connectivity index (χ4n) is 1.94. The molecule has 0 fully saturated rings. The highest BCUT2D eigenvalue weighted by molar-refractivity contribution is 5.90. The van der Waals surface area contributed by atoms with Gasteiger partial charge in [-0.1, -0.05) is 41.5 Å². The Bertz CT molecular complexity index is 830. The number of nitrogens with zero attached hydrogens (tertiary/aromatic N) is 4. The van der Waals surface area contributed by atoms with Crippen LogP contribution in [0.1, 0.15) is 74.7 Å². The lowest BCUT2D eigenvalue weighted by Crippen LogP contribution is -2.46. The average molecular weight is 394 g/mol. The van der Waals surface area contributed by atoms with E-state index in [1.807, 2.05) is 41.5 Å². The van der Waals surface area contributed by atoms with E-state index < -0.39 is 29.9 Å². The Kier molecular flexibility index (Phi) is 6.17. The summed E-state index contributed by atoms with van der Waals surface area (Å²) in [4.78, 5) is 24.3. The van der Waals surface area contributed by atoms with E-state index in [1.54, 1.807) is 0 Å². The van der Waals surface area contributed by atoms with Gasteiger partial charge < -0.3 is 24.6 Å². The van der Waals surface area contributed by atoms with Gasteiger partial charge in [0.25, 0.3) is 0 Å². The first-order valence-electron chi connectivity index (χ1n) is 8.79. The van der Waals surface area contributed by atoms with Gasteiger partial charge in [0.2, 0.25) is 11.8 Å². The van der Waals surface area contributed by atoms with Gasteiger partial charge >= 0.3 is 23.6 Å². The number of carbonyl (C=O) groups excluding carboxylic acids is 2. The van der Waals surface area contributed by atoms with Crippen molar-refractivity contribution >= 4 is 11.8 Å². The predicted molar refractivity (Wildman–Crippen MR) is 96.7 cm³/mol. The van der Waals surface area contributed by atoms with Gasteiger partial charge in [0, 0.05) is 17.4 Å². The Labute approximate surface area is 162 Å². The van der Waals surface area contributed by atoms with Gasteiger partial charge in [0.1, 0.15) is 0 Å². The highest BCUT2D eigenvalue weighted by Crippen LogP contribution is 2.21. The summed E-state index contributed by atoms with van der Waals surface area (Å²) in [5.41, 5.74) is -0.783. The zero-order valence-corrected chi connectivity index (χ0v) is 16.9. The highest BCUT2D eigenvalue weighted by atomic mass is 16.4. The van der Waals surface area contributed by atoms with Crippen molar-refractivity contribution in [2.45, 2.75) is 58.4 Å². The van der Waals surface area contributed by atoms with Crippen molar-refractivity contribution in [3.8, 4) is 0 Å². The van der Waals surface area contributed by atoms with Gasteiger partial charge in [-0.25, -0.2) is 0 Å². The minimum absolute atomic E-state index is 0.0609. The van der Waals surface area contributed by atoms with Crippen LogP contribution in [-0.2, 0) is 10.8 Å². The second kappa shape index (κ2) is 8.05. The van der Waals surface area contributed by atoms with Crippen LogP contribution in [0.25, 0.3) is 0 Å². The fourth-order valence-corrected chi connectivity index (χ4v) is 1.94. The number of amides is 2. The smallest absolute Gasteiger partial charge is 0.309 e. The first-order chi connectivity index (χ1) is 12.9. The maximum Gasteiger partial charge on any atom is 0.309 e. The SMILES string of the molecule is CC(C)(C)c1nnc(C(=O)NC[C@H](CO)NC(=O)c2nnc(C(C)(C)C)o2)o1. The molecule has 0 aliphatic rings. The molecule has 2 rings (SSSR count). The molecule has 11 nitrogen and oxygen atoms in total. The normalized spacial score (nSPS) is 13.2. The number of aliphatic hydroxyl groups is 1. The Morgan fingerprint density at radius 1 is 0.893 bits per heavy atom. The summed E-state index contributed by atoms with van der Waals surface area (Å²) in [5.74, 6) is -1.03. The Hall–Kier alpha value is -2.82. The lowest BCUT2D eigenvalue weighted by atomic mass is 9.97. The average Bonchev–Trinajstić information content (AvgIpc) is 3.26. The second-order valence-corrected chi connectivity index (χ2v) is 8.39. The van der Waals surface area contributed by atoms with Crippen molar-refractivity contribution in [1.29, 1.82) is 0 Å². The molecule has 2 aromatic rings. The maximum absolute atomic E-state index is 12.2. The molecule has 28 heavy (non-hydrogen) atoms. The molecule has 154 valence electrons. The summed E-state index contributed by atoms with van der Waals surface area (Å²) in [6.07, 6.45) is 0. The number of aromatic nitrogens is 4. The molecule has 2 heterocycles. The first-order valence-corrected chi connectivity index (χ1v) is 8.79. The molecule has 1 atom stereocenters. The summed E-state index contributed by atoms with van der Waals surface area (Å²) in [6.45, 7) is 10.8. The van der Waals surface area contributed by atoms with E-state index in [1.165, 1.54) is 0 Å². The molecule has 0 bridgehead atoms. The molecule has 0 unspecified atom stereocenters. The van der Waals surface area contributed by atoms with Gasteiger partial charge in [-0.2, -0.15) is 0 Å². The third kappa shape index (κ3) is 5.35. The number of rotatable bonds is 6. The van der Waals surface area contributed by atoms with Crippen LogP contribution in [0.4, 0.5) is 0 Å². The topological polar surface area (TPSA) is 156 Å². The van der Waals surface area contributed by atoms with Crippen molar-refractivity contribution < 1.29 is 23.5 Å². The van der Waals surface area contributed by atoms with Crippen molar-refractivity contribution in [2.75, 3.05) is 13.2 Å². The second-order valence-electron chi connectivity index (χ2n) is 8.39. The molecular weight excluding hydrogens is 368 g/mol. The molecule has 0 aromatic carbocycles. The van der Waals surface area contributed by atoms with Crippen LogP contribution in [-0.4, -0.2) is 56.5 Å². The minimum atomic E-state index is -0.772. The monoisotopic (exact) mass is 394 g/mol. The van der Waals surface area contributed by atoms with Crippen molar-refractivity contribution in [3.63, 3.8) is 0 Å². The molecule has 11 heteroatoms. The van der Waals surface area contributed by atoms with Gasteiger partial charge in [-0.15, -0.1) is 20.4 Å². The molecule has 0 spiro atoms. The number of hydrogen-bond donors (Lipinski definition) is 3. The van der Waals surface area contributed by atoms with Crippen LogP contribution in [0, 0.1) is 0 Å². The molecule has 0 saturated heterocycles. The molecule has 0 aliphatic carbocycles. The van der Waals surface area contributed by atoms with Gasteiger partial charge in [0.05, 0.1) is 12.6 Å². The number of aliphatic hydroxyl groups excluding tert-OH is 1. The van der Waals surface area contributed by atoms with E-state index >= 15 is 0 Å². The standard InChI is InChI=1S/C17H26N6O5/c1-16(2,3)14-22-20-12(27-14)10(25)18-7-9(8-24)19-11(26)13-21-23-15(28-13)17(4,5)6/h9,24H,7-8H2,1-6H3,(H,18,25)(H,19,26)/t9-/m1/s1. The minimum Gasteiger partial charge on any atom is -0.416 e. The van der Waals surface area contributed by atoms with Crippen LogP contribution in [0.2, 0.25) is 0 Å². The van der Waals surface area contributed by atoms with E-state index in [2.05, 4.69) is 31.0 Å². The lowest BCUT2D eigenvalue weighted by molar-refractivity contribution is 0.0849. The molecule has 0 aliphatic heterocycles. The molecular formula is C17H26N6O5. The van der Waals surface area contributed by atoms with E-state index in [9.17, 15) is 14.7 Å². The first kappa shape index (κ1) is 21.5. The van der Waals surface area contributed by atoms with Crippen LogP contribution >= 0.6 is 0 Å². The van der Waals surface area contributed by atoms with Gasteiger partial charge in [-0.3, -0.25) is 9.59 Å². The third-order valence-electron chi connectivity index (χ3n) is 3.59. The molecule has 0 saturated carbocycles. The van der Waals surface area contributed by atoms with Gasteiger partial charge in [0.15, 0.2) is 0 Å². The highest BCUT2D eigenvalue weighted by Gasteiger charge is 2.26. The third-order valence-corrected chi connectivity index (χ3v) is 3.59. The summed E-state index contributed by atoms with van der Waals surface area (Å²) in [6, 6.07) is -0.772. The van der Waals surface area contributed by atoms with Crippen LogP contribution < -0.4 is 10.6 Å². The van der Waals surface area contributed by atoms with Crippen molar-refractivity contribution in [2.24, 2.45) is 0 Å². The largest absolute Gasteiger partial charge is 0.416 e. The summed E-state index contributed by atoms with van der Waals surface area (Å²) >= 11 is 0. The van der Waals surface area contributed by atoms with Crippen LogP contribution in [0.3, 0.4) is 0 Å². The molecule has 0 radical (unpaired) electrons. The Morgan fingerprint density at radius 2 is 1.36 bits per heavy atom. The lowest BCUT2D eigenvalue weighted by Gasteiger charge is -2.15. The molecule has 2 amide bonds. The summed E-state index contributed by atoms with van der Waals surface area (Å²) in [5, 5.41) is 29.6. The van der Waals surface area contributed by atoms with E-state index in [-0.39, 0.29) is 23.7 Å². The summed E-state index contributed by atoms with van der Waals surface area (Å²) in [7, 11) is 0. The molecule has 3 N–H and O–H groups in total. The Balaban J connectivity index is 1.93. The number of carbonyl (C=O) groups is 2. The van der Waals surface area contributed by atoms with E-state index in [0.717, 1.165) is 0 Å². The quantitative estimate of drug-likeness (QED) is 0.637. The van der Waals surface area contributed by atoms with E-state index in [4.69, 9.17) is 8.83 Å².